The molecule has 2 rings (SSSR count). The maximum absolute atomic E-state index is 12.1. The van der Waals surface area contributed by atoms with Gasteiger partial charge in [0.1, 0.15) is 0 Å². The van der Waals surface area contributed by atoms with Crippen LogP contribution in [0.2, 0.25) is 0 Å². The van der Waals surface area contributed by atoms with E-state index in [2.05, 4.69) is 82.5 Å². The maximum atomic E-state index is 12.1. The fraction of sp³-hybridized carbons (Fsp3) is 0.632. The highest BCUT2D eigenvalue weighted by molar-refractivity contribution is 9.10. The van der Waals surface area contributed by atoms with E-state index in [9.17, 15) is 4.79 Å². The number of halogens is 1. The van der Waals surface area contributed by atoms with Crippen LogP contribution in [0.5, 0.6) is 0 Å². The fourth-order valence-corrected chi connectivity index (χ4v) is 3.81. The van der Waals surface area contributed by atoms with Crippen molar-refractivity contribution in [1.29, 1.82) is 0 Å². The molecule has 5 nitrogen and oxygen atoms in total. The van der Waals surface area contributed by atoms with Gasteiger partial charge in [0.15, 0.2) is 0 Å². The highest BCUT2D eigenvalue weighted by atomic mass is 79.9. The molecular weight excluding hydrogens is 380 g/mol. The quantitative estimate of drug-likeness (QED) is 0.725. The first-order valence-corrected chi connectivity index (χ1v) is 9.84. The van der Waals surface area contributed by atoms with Crippen LogP contribution in [0.4, 0.5) is 10.5 Å². The Morgan fingerprint density at radius 3 is 2.76 bits per heavy atom. The molecule has 1 heterocycles. The Balaban J connectivity index is 1.72. The van der Waals surface area contributed by atoms with Gasteiger partial charge >= 0.3 is 6.03 Å². The molecule has 6 heteroatoms. The number of carbonyl (C=O) groups is 1. The van der Waals surface area contributed by atoms with Gasteiger partial charge in [-0.15, -0.1) is 0 Å². The third-order valence-corrected chi connectivity index (χ3v) is 5.41. The molecule has 1 aromatic carbocycles. The molecule has 2 N–H and O–H groups in total. The topological polar surface area (TPSA) is 47.6 Å². The number of nitrogens with zero attached hydrogens (tertiary/aromatic N) is 2. The average Bonchev–Trinajstić information content (AvgIpc) is 3.01. The van der Waals surface area contributed by atoms with Crippen molar-refractivity contribution in [2.24, 2.45) is 11.8 Å². The van der Waals surface area contributed by atoms with E-state index in [1.165, 1.54) is 5.69 Å². The van der Waals surface area contributed by atoms with E-state index in [-0.39, 0.29) is 6.03 Å². The molecule has 0 bridgehead atoms. The monoisotopic (exact) mass is 410 g/mol. The summed E-state index contributed by atoms with van der Waals surface area (Å²) >= 11 is 3.53. The average molecular weight is 411 g/mol. The number of carbonyl (C=O) groups excluding carboxylic acids is 1. The Kier molecular flexibility index (Phi) is 7.56. The van der Waals surface area contributed by atoms with Crippen LogP contribution in [0.25, 0.3) is 0 Å². The van der Waals surface area contributed by atoms with Crippen LogP contribution in [-0.2, 0) is 0 Å². The first kappa shape index (κ1) is 20.0. The zero-order chi connectivity index (χ0) is 18.4. The van der Waals surface area contributed by atoms with Gasteiger partial charge in [0.05, 0.1) is 0 Å². The summed E-state index contributed by atoms with van der Waals surface area (Å²) in [6, 6.07) is 8.68. The Morgan fingerprint density at radius 1 is 1.36 bits per heavy atom. The normalized spacial score (nSPS) is 18.7. The van der Waals surface area contributed by atoms with Crippen LogP contribution < -0.4 is 15.5 Å². The SMILES string of the molecule is CC(C)C(CNC(=O)NCC1CCN(c2cccc(Br)c2)C1)N(C)C. The molecule has 0 aromatic heterocycles. The van der Waals surface area contributed by atoms with Gasteiger partial charge in [0, 0.05) is 42.4 Å². The molecule has 0 aliphatic carbocycles. The summed E-state index contributed by atoms with van der Waals surface area (Å²) in [6.07, 6.45) is 1.11. The van der Waals surface area contributed by atoms with Gasteiger partial charge in [-0.2, -0.15) is 0 Å². The molecule has 1 aliphatic rings. The summed E-state index contributed by atoms with van der Waals surface area (Å²) in [5.41, 5.74) is 1.24. The van der Waals surface area contributed by atoms with Crippen LogP contribution in [-0.4, -0.2) is 57.2 Å². The van der Waals surface area contributed by atoms with Crippen molar-refractivity contribution in [1.82, 2.24) is 15.5 Å². The van der Waals surface area contributed by atoms with E-state index in [0.29, 0.717) is 24.4 Å². The van der Waals surface area contributed by atoms with Gasteiger partial charge in [0.25, 0.3) is 0 Å². The molecular formula is C19H31BrN4O. The first-order valence-electron chi connectivity index (χ1n) is 9.05. The van der Waals surface area contributed by atoms with Crippen LogP contribution in [0.1, 0.15) is 20.3 Å². The molecule has 2 unspecified atom stereocenters. The Labute approximate surface area is 160 Å². The number of hydrogen-bond acceptors (Lipinski definition) is 3. The lowest BCUT2D eigenvalue weighted by atomic mass is 10.0. The lowest BCUT2D eigenvalue weighted by Crippen LogP contribution is -2.47. The highest BCUT2D eigenvalue weighted by Gasteiger charge is 2.23. The van der Waals surface area contributed by atoms with Crippen molar-refractivity contribution >= 4 is 27.6 Å². The zero-order valence-electron chi connectivity index (χ0n) is 15.8. The minimum atomic E-state index is -0.0617. The Bertz CT molecular complexity index is 556. The van der Waals surface area contributed by atoms with Gasteiger partial charge < -0.3 is 20.4 Å². The van der Waals surface area contributed by atoms with Gasteiger partial charge in [-0.25, -0.2) is 4.79 Å². The van der Waals surface area contributed by atoms with Crippen LogP contribution in [0.15, 0.2) is 28.7 Å². The number of rotatable bonds is 7. The molecule has 1 aliphatic heterocycles. The summed E-state index contributed by atoms with van der Waals surface area (Å²) in [7, 11) is 4.11. The predicted octanol–water partition coefficient (Wildman–Crippen LogP) is 3.16. The predicted molar refractivity (Wildman–Crippen MR) is 108 cm³/mol. The molecule has 1 fully saturated rings. The number of likely N-dealkylation sites (N-methyl/N-ethyl adjacent to an activating group) is 1. The van der Waals surface area contributed by atoms with Crippen LogP contribution in [0, 0.1) is 11.8 Å². The fourth-order valence-electron chi connectivity index (χ4n) is 3.42. The summed E-state index contributed by atoms with van der Waals surface area (Å²) < 4.78 is 1.10. The molecule has 25 heavy (non-hydrogen) atoms. The second kappa shape index (κ2) is 9.43. The number of anilines is 1. The number of benzene rings is 1. The summed E-state index contributed by atoms with van der Waals surface area (Å²) in [4.78, 5) is 16.6. The van der Waals surface area contributed by atoms with E-state index >= 15 is 0 Å². The van der Waals surface area contributed by atoms with Crippen molar-refractivity contribution in [3.8, 4) is 0 Å². The molecule has 140 valence electrons. The van der Waals surface area contributed by atoms with Gasteiger partial charge in [0.2, 0.25) is 0 Å². The maximum Gasteiger partial charge on any atom is 0.314 e. The molecule has 2 atom stereocenters. The minimum Gasteiger partial charge on any atom is -0.371 e. The van der Waals surface area contributed by atoms with E-state index in [1.54, 1.807) is 0 Å². The first-order chi connectivity index (χ1) is 11.9. The smallest absolute Gasteiger partial charge is 0.314 e. The van der Waals surface area contributed by atoms with E-state index in [1.807, 2.05) is 6.07 Å². The van der Waals surface area contributed by atoms with Crippen molar-refractivity contribution in [3.63, 3.8) is 0 Å². The third-order valence-electron chi connectivity index (χ3n) is 4.92. The number of hydrogen-bond donors (Lipinski definition) is 2. The summed E-state index contributed by atoms with van der Waals surface area (Å²) in [5, 5.41) is 6.04. The largest absolute Gasteiger partial charge is 0.371 e. The highest BCUT2D eigenvalue weighted by Crippen LogP contribution is 2.25. The Hall–Kier alpha value is -1.27. The zero-order valence-corrected chi connectivity index (χ0v) is 17.3. The molecule has 1 saturated heterocycles. The lowest BCUT2D eigenvalue weighted by molar-refractivity contribution is 0.212. The second-order valence-corrected chi connectivity index (χ2v) is 8.36. The Morgan fingerprint density at radius 2 is 2.12 bits per heavy atom. The minimum absolute atomic E-state index is 0.0617. The lowest BCUT2D eigenvalue weighted by Gasteiger charge is -2.28. The number of urea groups is 1. The molecule has 0 spiro atoms. The summed E-state index contributed by atoms with van der Waals surface area (Å²) in [6.45, 7) is 7.79. The van der Waals surface area contributed by atoms with Crippen molar-refractivity contribution in [3.05, 3.63) is 28.7 Å². The van der Waals surface area contributed by atoms with E-state index < -0.39 is 0 Å². The third kappa shape index (κ3) is 6.19. The van der Waals surface area contributed by atoms with Crippen molar-refractivity contribution < 1.29 is 4.79 Å². The van der Waals surface area contributed by atoms with E-state index in [4.69, 9.17) is 0 Å². The van der Waals surface area contributed by atoms with Gasteiger partial charge in [-0.1, -0.05) is 35.8 Å². The van der Waals surface area contributed by atoms with Gasteiger partial charge in [-0.3, -0.25) is 0 Å². The van der Waals surface area contributed by atoms with Gasteiger partial charge in [-0.05, 0) is 50.6 Å². The molecule has 0 radical (unpaired) electrons. The summed E-state index contributed by atoms with van der Waals surface area (Å²) in [5.74, 6) is 1.00. The molecule has 0 saturated carbocycles. The standard InChI is InChI=1S/C19H31BrN4O/c1-14(2)18(23(3)4)12-22-19(25)21-11-15-8-9-24(13-15)17-7-5-6-16(20)10-17/h5-7,10,14-15,18H,8-9,11-13H2,1-4H3,(H2,21,22,25). The van der Waals surface area contributed by atoms with Crippen molar-refractivity contribution in [2.75, 3.05) is 45.2 Å². The van der Waals surface area contributed by atoms with Crippen LogP contribution in [0.3, 0.4) is 0 Å². The second-order valence-electron chi connectivity index (χ2n) is 7.45. The van der Waals surface area contributed by atoms with Crippen LogP contribution >= 0.6 is 15.9 Å². The number of nitrogens with one attached hydrogen (secondary N) is 2. The molecule has 2 amide bonds. The number of amides is 2. The van der Waals surface area contributed by atoms with E-state index in [0.717, 1.165) is 30.5 Å². The molecule has 1 aromatic rings. The van der Waals surface area contributed by atoms with Crippen molar-refractivity contribution in [2.45, 2.75) is 26.3 Å².